The first-order valence-corrected chi connectivity index (χ1v) is 6.35. The predicted octanol–water partition coefficient (Wildman–Crippen LogP) is 3.83. The van der Waals surface area contributed by atoms with Gasteiger partial charge in [0.1, 0.15) is 0 Å². The van der Waals surface area contributed by atoms with Gasteiger partial charge in [0, 0.05) is 4.47 Å². The molecular formula is C14H13BrO. The molecule has 0 saturated heterocycles. The summed E-state index contributed by atoms with van der Waals surface area (Å²) in [6.07, 6.45) is 0.683. The van der Waals surface area contributed by atoms with Crippen molar-refractivity contribution in [2.24, 2.45) is 5.92 Å². The van der Waals surface area contributed by atoms with Gasteiger partial charge in [0.15, 0.2) is 0 Å². The van der Waals surface area contributed by atoms with Gasteiger partial charge in [-0.3, -0.25) is 0 Å². The van der Waals surface area contributed by atoms with E-state index in [4.69, 9.17) is 0 Å². The van der Waals surface area contributed by atoms with Crippen LogP contribution < -0.4 is 0 Å². The second kappa shape index (κ2) is 3.57. The third-order valence-corrected chi connectivity index (χ3v) is 3.98. The van der Waals surface area contributed by atoms with Gasteiger partial charge in [-0.05, 0) is 46.4 Å². The molecule has 1 aliphatic rings. The number of rotatable bonds is 0. The quantitative estimate of drug-likeness (QED) is 0.776. The van der Waals surface area contributed by atoms with Crippen molar-refractivity contribution in [3.8, 4) is 0 Å². The van der Waals surface area contributed by atoms with E-state index in [2.05, 4.69) is 47.1 Å². The highest BCUT2D eigenvalue weighted by Crippen LogP contribution is 2.40. The second-order valence-electron chi connectivity index (χ2n) is 4.63. The van der Waals surface area contributed by atoms with E-state index in [9.17, 15) is 5.11 Å². The molecule has 2 aromatic carbocycles. The van der Waals surface area contributed by atoms with Gasteiger partial charge in [-0.15, -0.1) is 0 Å². The summed E-state index contributed by atoms with van der Waals surface area (Å²) >= 11 is 3.48. The molecule has 0 bridgehead atoms. The zero-order chi connectivity index (χ0) is 11.3. The summed E-state index contributed by atoms with van der Waals surface area (Å²) in [6, 6.07) is 10.5. The van der Waals surface area contributed by atoms with Crippen LogP contribution in [0, 0.1) is 5.92 Å². The highest BCUT2D eigenvalue weighted by molar-refractivity contribution is 9.10. The third kappa shape index (κ3) is 1.40. The molecule has 0 amide bonds. The number of halogens is 1. The van der Waals surface area contributed by atoms with Gasteiger partial charge in [0.2, 0.25) is 0 Å². The lowest BCUT2D eigenvalue weighted by atomic mass is 9.99. The predicted molar refractivity (Wildman–Crippen MR) is 69.5 cm³/mol. The van der Waals surface area contributed by atoms with Crippen molar-refractivity contribution in [3.05, 3.63) is 45.9 Å². The van der Waals surface area contributed by atoms with E-state index in [-0.39, 0.29) is 6.10 Å². The molecule has 0 spiro atoms. The highest BCUT2D eigenvalue weighted by atomic mass is 79.9. The summed E-state index contributed by atoms with van der Waals surface area (Å²) in [7, 11) is 0. The van der Waals surface area contributed by atoms with Crippen molar-refractivity contribution in [3.63, 3.8) is 0 Å². The van der Waals surface area contributed by atoms with E-state index in [0.717, 1.165) is 16.5 Å². The highest BCUT2D eigenvalue weighted by Gasteiger charge is 2.28. The summed E-state index contributed by atoms with van der Waals surface area (Å²) in [5, 5.41) is 12.6. The van der Waals surface area contributed by atoms with Crippen molar-refractivity contribution in [1.29, 1.82) is 0 Å². The van der Waals surface area contributed by atoms with Gasteiger partial charge < -0.3 is 5.11 Å². The smallest absolute Gasteiger partial charge is 0.0827 e. The zero-order valence-corrected chi connectivity index (χ0v) is 10.7. The molecule has 1 aliphatic carbocycles. The second-order valence-corrected chi connectivity index (χ2v) is 5.55. The fourth-order valence-corrected chi connectivity index (χ4v) is 3.02. The number of aliphatic hydroxyl groups excluding tert-OH is 1. The Hall–Kier alpha value is -0.860. The van der Waals surface area contributed by atoms with Crippen molar-refractivity contribution in [2.45, 2.75) is 19.4 Å². The SMILES string of the molecule is C[C@@H]1Cc2ccc3cc(Br)ccc3c2[C@H]1O. The van der Waals surface area contributed by atoms with Gasteiger partial charge >= 0.3 is 0 Å². The molecule has 2 heteroatoms. The normalized spacial score (nSPS) is 23.7. The van der Waals surface area contributed by atoms with E-state index in [0.29, 0.717) is 5.92 Å². The summed E-state index contributed by atoms with van der Waals surface area (Å²) < 4.78 is 1.08. The lowest BCUT2D eigenvalue weighted by molar-refractivity contribution is 0.134. The Balaban J connectivity index is 2.33. The van der Waals surface area contributed by atoms with E-state index < -0.39 is 0 Å². The Labute approximate surface area is 103 Å². The van der Waals surface area contributed by atoms with E-state index in [1.54, 1.807) is 0 Å². The van der Waals surface area contributed by atoms with Crippen LogP contribution in [0.2, 0.25) is 0 Å². The Kier molecular flexibility index (Phi) is 2.30. The summed E-state index contributed by atoms with van der Waals surface area (Å²) in [6.45, 7) is 2.11. The number of hydrogen-bond acceptors (Lipinski definition) is 1. The number of hydrogen-bond donors (Lipinski definition) is 1. The molecule has 0 unspecified atom stereocenters. The largest absolute Gasteiger partial charge is 0.388 e. The monoisotopic (exact) mass is 276 g/mol. The number of benzene rings is 2. The molecule has 2 atom stereocenters. The first-order valence-electron chi connectivity index (χ1n) is 5.56. The fourth-order valence-electron chi connectivity index (χ4n) is 2.64. The zero-order valence-electron chi connectivity index (χ0n) is 9.07. The van der Waals surface area contributed by atoms with Crippen LogP contribution in [0.5, 0.6) is 0 Å². The molecule has 0 radical (unpaired) electrons. The first kappa shape index (κ1) is 10.3. The van der Waals surface area contributed by atoms with Gasteiger partial charge in [-0.2, -0.15) is 0 Å². The van der Waals surface area contributed by atoms with Crippen LogP contribution in [0.25, 0.3) is 10.8 Å². The minimum atomic E-state index is -0.306. The molecular weight excluding hydrogens is 264 g/mol. The van der Waals surface area contributed by atoms with E-state index in [1.807, 2.05) is 6.07 Å². The molecule has 0 heterocycles. The van der Waals surface area contributed by atoms with Crippen LogP contribution in [0.1, 0.15) is 24.2 Å². The minimum absolute atomic E-state index is 0.306. The lowest BCUT2D eigenvalue weighted by Crippen LogP contribution is -2.01. The molecule has 1 nitrogen and oxygen atoms in total. The fraction of sp³-hybridized carbons (Fsp3) is 0.286. The van der Waals surface area contributed by atoms with Crippen LogP contribution in [0.15, 0.2) is 34.8 Å². The Morgan fingerprint density at radius 1 is 1.25 bits per heavy atom. The first-order chi connectivity index (χ1) is 7.66. The number of aliphatic hydroxyl groups is 1. The van der Waals surface area contributed by atoms with Gasteiger partial charge in [0.05, 0.1) is 6.10 Å². The maximum absolute atomic E-state index is 10.2. The van der Waals surface area contributed by atoms with Crippen molar-refractivity contribution in [1.82, 2.24) is 0 Å². The maximum Gasteiger partial charge on any atom is 0.0827 e. The van der Waals surface area contributed by atoms with Crippen LogP contribution in [-0.2, 0) is 6.42 Å². The summed E-state index contributed by atoms with van der Waals surface area (Å²) in [5.41, 5.74) is 2.44. The topological polar surface area (TPSA) is 20.2 Å². The average Bonchev–Trinajstić information content (AvgIpc) is 2.55. The van der Waals surface area contributed by atoms with Gasteiger partial charge in [0.25, 0.3) is 0 Å². The third-order valence-electron chi connectivity index (χ3n) is 3.49. The molecule has 0 fully saturated rings. The maximum atomic E-state index is 10.2. The molecule has 0 aliphatic heterocycles. The standard InChI is InChI=1S/C14H13BrO/c1-8-6-10-3-2-9-7-11(15)4-5-12(9)13(10)14(8)16/h2-5,7-8,14,16H,6H2,1H3/t8-,14+/m1/s1. The molecule has 0 aromatic heterocycles. The summed E-state index contributed by atoms with van der Waals surface area (Å²) in [5.74, 6) is 0.337. The Bertz CT molecular complexity index is 562. The van der Waals surface area contributed by atoms with Gasteiger partial charge in [-0.25, -0.2) is 0 Å². The lowest BCUT2D eigenvalue weighted by Gasteiger charge is -2.11. The van der Waals surface area contributed by atoms with Crippen LogP contribution in [0.4, 0.5) is 0 Å². The van der Waals surface area contributed by atoms with Crippen LogP contribution in [-0.4, -0.2) is 5.11 Å². The Morgan fingerprint density at radius 3 is 2.88 bits per heavy atom. The molecule has 82 valence electrons. The van der Waals surface area contributed by atoms with Crippen molar-refractivity contribution in [2.75, 3.05) is 0 Å². The van der Waals surface area contributed by atoms with E-state index >= 15 is 0 Å². The molecule has 16 heavy (non-hydrogen) atoms. The van der Waals surface area contributed by atoms with Crippen LogP contribution >= 0.6 is 15.9 Å². The minimum Gasteiger partial charge on any atom is -0.388 e. The molecule has 3 rings (SSSR count). The van der Waals surface area contributed by atoms with Gasteiger partial charge in [-0.1, -0.05) is 41.1 Å². The van der Waals surface area contributed by atoms with Crippen molar-refractivity contribution < 1.29 is 5.11 Å². The van der Waals surface area contributed by atoms with Crippen LogP contribution in [0.3, 0.4) is 0 Å². The molecule has 1 N–H and O–H groups in total. The van der Waals surface area contributed by atoms with Crippen molar-refractivity contribution >= 4 is 26.7 Å². The molecule has 2 aromatic rings. The van der Waals surface area contributed by atoms with E-state index in [1.165, 1.54) is 16.3 Å². The number of fused-ring (bicyclic) bond motifs is 3. The summed E-state index contributed by atoms with van der Waals surface area (Å²) in [4.78, 5) is 0. The average molecular weight is 277 g/mol. The molecule has 0 saturated carbocycles. The Morgan fingerprint density at radius 2 is 2.06 bits per heavy atom.